The van der Waals surface area contributed by atoms with Crippen LogP contribution in [0.5, 0.6) is 0 Å². The number of hydrogen-bond acceptors (Lipinski definition) is 3. The average Bonchev–Trinajstić information content (AvgIpc) is 3.11. The number of fused-ring (bicyclic) bond motifs is 1. The highest BCUT2D eigenvalue weighted by Crippen LogP contribution is 2.25. The summed E-state index contributed by atoms with van der Waals surface area (Å²) in [7, 11) is 0. The molecule has 3 aromatic rings. The van der Waals surface area contributed by atoms with E-state index in [1.807, 2.05) is 30.3 Å². The van der Waals surface area contributed by atoms with Gasteiger partial charge in [0, 0.05) is 10.9 Å². The van der Waals surface area contributed by atoms with Crippen molar-refractivity contribution in [3.63, 3.8) is 0 Å². The minimum Gasteiger partial charge on any atom is -0.267 e. The molecule has 27 heavy (non-hydrogen) atoms. The van der Waals surface area contributed by atoms with Crippen molar-refractivity contribution in [1.29, 1.82) is 0 Å². The third-order valence-electron chi connectivity index (χ3n) is 4.59. The van der Waals surface area contributed by atoms with Crippen LogP contribution in [0.25, 0.3) is 22.2 Å². The Morgan fingerprint density at radius 1 is 1.11 bits per heavy atom. The number of halogens is 1. The summed E-state index contributed by atoms with van der Waals surface area (Å²) in [5.74, 6) is -0.601. The van der Waals surface area contributed by atoms with Crippen LogP contribution in [0.3, 0.4) is 0 Å². The van der Waals surface area contributed by atoms with Crippen molar-refractivity contribution in [1.82, 2.24) is 10.4 Å². The smallest absolute Gasteiger partial charge is 0.267 e. The van der Waals surface area contributed by atoms with Gasteiger partial charge in [0.15, 0.2) is 0 Å². The predicted octanol–water partition coefficient (Wildman–Crippen LogP) is 4.87. The van der Waals surface area contributed by atoms with Gasteiger partial charge >= 0.3 is 0 Å². The molecule has 0 saturated heterocycles. The fourth-order valence-electron chi connectivity index (χ4n) is 3.16. The number of hydrogen-bond donors (Lipinski definition) is 1. The van der Waals surface area contributed by atoms with Crippen molar-refractivity contribution in [2.75, 3.05) is 0 Å². The number of amides is 1. The van der Waals surface area contributed by atoms with Crippen LogP contribution in [-0.2, 0) is 0 Å². The number of pyridine rings is 1. The molecular weight excluding hydrogens is 341 g/mol. The molecule has 1 heterocycles. The first-order valence-electron chi connectivity index (χ1n) is 8.80. The van der Waals surface area contributed by atoms with Crippen LogP contribution in [0.15, 0.2) is 71.3 Å². The summed E-state index contributed by atoms with van der Waals surface area (Å²) in [4.78, 5) is 17.4. The van der Waals surface area contributed by atoms with Gasteiger partial charge in [-0.3, -0.25) is 4.79 Å². The van der Waals surface area contributed by atoms with Gasteiger partial charge in [-0.2, -0.15) is 5.10 Å². The summed E-state index contributed by atoms with van der Waals surface area (Å²) in [6.45, 7) is 2.05. The molecule has 5 heteroatoms. The molecular formula is C22H18FN3O. The summed E-state index contributed by atoms with van der Waals surface area (Å²) in [6, 6.07) is 15.2. The van der Waals surface area contributed by atoms with Gasteiger partial charge in [-0.05, 0) is 62.2 Å². The van der Waals surface area contributed by atoms with E-state index in [0.717, 1.165) is 29.5 Å². The molecule has 134 valence electrons. The molecule has 2 aromatic carbocycles. The number of allylic oxidation sites excluding steroid dienone is 2. The van der Waals surface area contributed by atoms with Gasteiger partial charge in [-0.25, -0.2) is 14.8 Å². The Kier molecular flexibility index (Phi) is 4.50. The zero-order valence-corrected chi connectivity index (χ0v) is 14.9. The Balaban J connectivity index is 1.74. The molecule has 1 aliphatic carbocycles. The zero-order chi connectivity index (χ0) is 18.8. The third-order valence-corrected chi connectivity index (χ3v) is 4.59. The van der Waals surface area contributed by atoms with Crippen molar-refractivity contribution in [3.8, 4) is 11.3 Å². The highest BCUT2D eigenvalue weighted by molar-refractivity contribution is 6.08. The lowest BCUT2D eigenvalue weighted by Crippen LogP contribution is -2.19. The molecule has 1 aliphatic rings. The summed E-state index contributed by atoms with van der Waals surface area (Å²) in [5, 5.41) is 4.99. The van der Waals surface area contributed by atoms with Gasteiger partial charge < -0.3 is 0 Å². The molecule has 4 rings (SSSR count). The monoisotopic (exact) mass is 359 g/mol. The van der Waals surface area contributed by atoms with Crippen LogP contribution in [0, 0.1) is 5.82 Å². The normalized spacial score (nSPS) is 15.2. The van der Waals surface area contributed by atoms with Crippen LogP contribution >= 0.6 is 0 Å². The second kappa shape index (κ2) is 7.11. The standard InChI is InChI=1S/C22H18FN3O/c1-14-6-11-17(12-14)25-26-22(27)19-13-21(15-7-9-16(23)10-8-15)24-20-5-3-2-4-18(19)20/h2-5,7-10,12-13H,6,11H2,1H3,(H,26,27). The van der Waals surface area contributed by atoms with E-state index in [4.69, 9.17) is 0 Å². The Morgan fingerprint density at radius 2 is 1.89 bits per heavy atom. The third kappa shape index (κ3) is 3.62. The van der Waals surface area contributed by atoms with Crippen LogP contribution in [0.2, 0.25) is 0 Å². The molecule has 0 unspecified atom stereocenters. The van der Waals surface area contributed by atoms with Crippen LogP contribution in [0.1, 0.15) is 30.1 Å². The number of hydrazone groups is 1. The summed E-state index contributed by atoms with van der Waals surface area (Å²) >= 11 is 0. The number of nitrogens with zero attached hydrogens (tertiary/aromatic N) is 2. The largest absolute Gasteiger partial charge is 0.272 e. The average molecular weight is 359 g/mol. The zero-order valence-electron chi connectivity index (χ0n) is 14.9. The molecule has 0 saturated carbocycles. The van der Waals surface area contributed by atoms with Crippen molar-refractivity contribution < 1.29 is 9.18 Å². The maximum absolute atomic E-state index is 13.2. The number of carbonyl (C=O) groups excluding carboxylic acids is 1. The lowest BCUT2D eigenvalue weighted by molar-refractivity contribution is 0.0956. The Bertz CT molecular complexity index is 1080. The lowest BCUT2D eigenvalue weighted by atomic mass is 10.0. The molecule has 0 atom stereocenters. The molecule has 0 fully saturated rings. The summed E-state index contributed by atoms with van der Waals surface area (Å²) < 4.78 is 13.2. The Hall–Kier alpha value is -3.34. The maximum Gasteiger partial charge on any atom is 0.272 e. The Labute approximate surface area is 156 Å². The van der Waals surface area contributed by atoms with Gasteiger partial charge in [-0.15, -0.1) is 0 Å². The SMILES string of the molecule is CC1=CC(=NNC(=O)c2cc(-c3ccc(F)cc3)nc3ccccc23)CC1. The maximum atomic E-state index is 13.2. The fourth-order valence-corrected chi connectivity index (χ4v) is 3.16. The second-order valence-corrected chi connectivity index (χ2v) is 6.61. The van der Waals surface area contributed by atoms with Crippen LogP contribution in [-0.4, -0.2) is 16.6 Å². The Morgan fingerprint density at radius 3 is 2.63 bits per heavy atom. The number of aromatic nitrogens is 1. The van der Waals surface area contributed by atoms with Crippen molar-refractivity contribution >= 4 is 22.5 Å². The summed E-state index contributed by atoms with van der Waals surface area (Å²) in [5.41, 5.74) is 7.34. The van der Waals surface area contributed by atoms with E-state index in [1.165, 1.54) is 17.7 Å². The van der Waals surface area contributed by atoms with Gasteiger partial charge in [0.1, 0.15) is 5.82 Å². The van der Waals surface area contributed by atoms with Gasteiger partial charge in [0.25, 0.3) is 5.91 Å². The van der Waals surface area contributed by atoms with Crippen molar-refractivity contribution in [2.45, 2.75) is 19.8 Å². The molecule has 1 aromatic heterocycles. The molecule has 1 N–H and O–H groups in total. The molecule has 0 radical (unpaired) electrons. The highest BCUT2D eigenvalue weighted by Gasteiger charge is 2.14. The number of nitrogens with one attached hydrogen (secondary N) is 1. The van der Waals surface area contributed by atoms with E-state index < -0.39 is 0 Å². The topological polar surface area (TPSA) is 54.4 Å². The first kappa shape index (κ1) is 17.1. The predicted molar refractivity (Wildman–Crippen MR) is 105 cm³/mol. The summed E-state index contributed by atoms with van der Waals surface area (Å²) in [6.07, 6.45) is 3.81. The van der Waals surface area contributed by atoms with E-state index in [2.05, 4.69) is 22.4 Å². The van der Waals surface area contributed by atoms with Gasteiger partial charge in [0.2, 0.25) is 0 Å². The van der Waals surface area contributed by atoms with Gasteiger partial charge in [-0.1, -0.05) is 23.8 Å². The number of benzene rings is 2. The number of rotatable bonds is 3. The molecule has 0 bridgehead atoms. The van der Waals surface area contributed by atoms with E-state index in [1.54, 1.807) is 18.2 Å². The van der Waals surface area contributed by atoms with E-state index >= 15 is 0 Å². The quantitative estimate of drug-likeness (QED) is 0.679. The van der Waals surface area contributed by atoms with E-state index in [9.17, 15) is 9.18 Å². The molecule has 0 spiro atoms. The second-order valence-electron chi connectivity index (χ2n) is 6.61. The molecule has 1 amide bonds. The molecule has 4 nitrogen and oxygen atoms in total. The lowest BCUT2D eigenvalue weighted by Gasteiger charge is -2.09. The first-order chi connectivity index (χ1) is 13.1. The van der Waals surface area contributed by atoms with Crippen LogP contribution < -0.4 is 5.43 Å². The van der Waals surface area contributed by atoms with E-state index in [-0.39, 0.29) is 11.7 Å². The van der Waals surface area contributed by atoms with Crippen LogP contribution in [0.4, 0.5) is 4.39 Å². The minimum atomic E-state index is -0.312. The van der Waals surface area contributed by atoms with E-state index in [0.29, 0.717) is 16.8 Å². The highest BCUT2D eigenvalue weighted by atomic mass is 19.1. The fraction of sp³-hybridized carbons (Fsp3) is 0.136. The molecule has 0 aliphatic heterocycles. The number of carbonyl (C=O) groups is 1. The van der Waals surface area contributed by atoms with Gasteiger partial charge in [0.05, 0.1) is 22.5 Å². The first-order valence-corrected chi connectivity index (χ1v) is 8.80. The minimum absolute atomic E-state index is 0.289. The van der Waals surface area contributed by atoms with Crippen molar-refractivity contribution in [3.05, 3.63) is 77.6 Å². The van der Waals surface area contributed by atoms with Crippen molar-refractivity contribution in [2.24, 2.45) is 5.10 Å². The number of para-hydroxylation sites is 1.